The first-order chi connectivity index (χ1) is 15.6. The second kappa shape index (κ2) is 8.23. The van der Waals surface area contributed by atoms with E-state index in [0.29, 0.717) is 40.1 Å². The van der Waals surface area contributed by atoms with E-state index in [2.05, 4.69) is 0 Å². The molecule has 1 aliphatic heterocycles. The molecule has 0 atom stereocenters. The third-order valence-electron chi connectivity index (χ3n) is 5.48. The van der Waals surface area contributed by atoms with Crippen LogP contribution < -0.4 is 14.9 Å². The predicted octanol–water partition coefficient (Wildman–Crippen LogP) is 4.67. The monoisotopic (exact) mass is 427 g/mol. The molecular formula is C26H21NO5. The molecule has 160 valence electrons. The van der Waals surface area contributed by atoms with Crippen molar-refractivity contribution >= 4 is 16.9 Å². The summed E-state index contributed by atoms with van der Waals surface area (Å²) >= 11 is 0. The molecular weight excluding hydrogens is 406 g/mol. The molecule has 1 aromatic heterocycles. The molecule has 0 aliphatic carbocycles. The molecule has 2 heterocycles. The van der Waals surface area contributed by atoms with Crippen molar-refractivity contribution in [3.05, 3.63) is 105 Å². The number of hydrogen-bond acceptors (Lipinski definition) is 5. The molecule has 6 heteroatoms. The normalized spacial score (nSPS) is 12.2. The van der Waals surface area contributed by atoms with E-state index in [4.69, 9.17) is 13.9 Å². The van der Waals surface area contributed by atoms with Crippen molar-refractivity contribution in [1.82, 2.24) is 4.90 Å². The Labute approximate surface area is 184 Å². The van der Waals surface area contributed by atoms with Gasteiger partial charge in [-0.25, -0.2) is 0 Å². The molecule has 0 spiro atoms. The van der Waals surface area contributed by atoms with Crippen molar-refractivity contribution in [2.75, 3.05) is 6.79 Å². The standard InChI is InChI=1S/C26H21NO5/c1-17-7-9-22-21(11-17)25(28)20(15-30-22)14-27(13-18-5-3-2-4-6-18)26(29)19-8-10-23-24(12-19)32-16-31-23/h2-12,15H,13-14,16H2,1H3. The van der Waals surface area contributed by atoms with Crippen LogP contribution in [0.15, 0.2) is 82.2 Å². The van der Waals surface area contributed by atoms with Gasteiger partial charge in [0.15, 0.2) is 16.9 Å². The SMILES string of the molecule is Cc1ccc2occ(CN(Cc3ccccc3)C(=O)c3ccc4c(c3)OCO4)c(=O)c2c1. The van der Waals surface area contributed by atoms with E-state index in [1.807, 2.05) is 49.4 Å². The number of carbonyl (C=O) groups is 1. The van der Waals surface area contributed by atoms with Crippen LogP contribution in [0.3, 0.4) is 0 Å². The molecule has 0 unspecified atom stereocenters. The summed E-state index contributed by atoms with van der Waals surface area (Å²) in [5.74, 6) is 0.939. The summed E-state index contributed by atoms with van der Waals surface area (Å²) in [6.45, 7) is 2.53. The number of ether oxygens (including phenoxy) is 2. The molecule has 5 rings (SSSR count). The molecule has 0 bridgehead atoms. The van der Waals surface area contributed by atoms with Gasteiger partial charge in [0.2, 0.25) is 6.79 Å². The van der Waals surface area contributed by atoms with Crippen LogP contribution in [0.2, 0.25) is 0 Å². The van der Waals surface area contributed by atoms with E-state index in [0.717, 1.165) is 11.1 Å². The highest BCUT2D eigenvalue weighted by atomic mass is 16.7. The van der Waals surface area contributed by atoms with E-state index in [-0.39, 0.29) is 24.7 Å². The maximum Gasteiger partial charge on any atom is 0.254 e. The fourth-order valence-electron chi connectivity index (χ4n) is 3.82. The summed E-state index contributed by atoms with van der Waals surface area (Å²) in [6, 6.07) is 20.3. The van der Waals surface area contributed by atoms with Gasteiger partial charge in [-0.2, -0.15) is 0 Å². The Hall–Kier alpha value is -4.06. The summed E-state index contributed by atoms with van der Waals surface area (Å²) in [7, 11) is 0. The first-order valence-corrected chi connectivity index (χ1v) is 10.3. The number of hydrogen-bond donors (Lipinski definition) is 0. The van der Waals surface area contributed by atoms with Crippen molar-refractivity contribution < 1.29 is 18.7 Å². The molecule has 3 aromatic carbocycles. The lowest BCUT2D eigenvalue weighted by Gasteiger charge is -2.23. The summed E-state index contributed by atoms with van der Waals surface area (Å²) in [6.07, 6.45) is 1.45. The van der Waals surface area contributed by atoms with Crippen LogP contribution in [-0.4, -0.2) is 17.6 Å². The van der Waals surface area contributed by atoms with Gasteiger partial charge in [-0.15, -0.1) is 0 Å². The number of benzene rings is 3. The van der Waals surface area contributed by atoms with Gasteiger partial charge < -0.3 is 18.8 Å². The fourth-order valence-corrected chi connectivity index (χ4v) is 3.82. The predicted molar refractivity (Wildman–Crippen MR) is 120 cm³/mol. The average molecular weight is 427 g/mol. The zero-order valence-electron chi connectivity index (χ0n) is 17.5. The first kappa shape index (κ1) is 19.9. The molecule has 1 amide bonds. The van der Waals surface area contributed by atoms with Gasteiger partial charge in [0.1, 0.15) is 5.58 Å². The number of fused-ring (bicyclic) bond motifs is 2. The number of amides is 1. The lowest BCUT2D eigenvalue weighted by molar-refractivity contribution is 0.0728. The Balaban J connectivity index is 1.51. The van der Waals surface area contributed by atoms with Gasteiger partial charge in [0.05, 0.1) is 23.8 Å². The maximum absolute atomic E-state index is 13.5. The highest BCUT2D eigenvalue weighted by Gasteiger charge is 2.22. The minimum absolute atomic E-state index is 0.119. The molecule has 32 heavy (non-hydrogen) atoms. The summed E-state index contributed by atoms with van der Waals surface area (Å²) in [5, 5.41) is 0.512. The quantitative estimate of drug-likeness (QED) is 0.463. The summed E-state index contributed by atoms with van der Waals surface area (Å²) in [5.41, 5.74) is 3.22. The van der Waals surface area contributed by atoms with Gasteiger partial charge in [0.25, 0.3) is 5.91 Å². The molecule has 6 nitrogen and oxygen atoms in total. The van der Waals surface area contributed by atoms with Crippen LogP contribution in [0, 0.1) is 6.92 Å². The molecule has 0 saturated heterocycles. The Morgan fingerprint density at radius 2 is 1.75 bits per heavy atom. The van der Waals surface area contributed by atoms with Gasteiger partial charge >= 0.3 is 0 Å². The van der Waals surface area contributed by atoms with E-state index in [1.165, 1.54) is 6.26 Å². The third-order valence-corrected chi connectivity index (χ3v) is 5.48. The van der Waals surface area contributed by atoms with Crippen LogP contribution >= 0.6 is 0 Å². The van der Waals surface area contributed by atoms with Crippen LogP contribution in [0.5, 0.6) is 11.5 Å². The molecule has 0 saturated carbocycles. The van der Waals surface area contributed by atoms with Crippen LogP contribution in [0.25, 0.3) is 11.0 Å². The highest BCUT2D eigenvalue weighted by Crippen LogP contribution is 2.33. The van der Waals surface area contributed by atoms with E-state index in [1.54, 1.807) is 29.2 Å². The number of nitrogens with zero attached hydrogens (tertiary/aromatic N) is 1. The first-order valence-electron chi connectivity index (χ1n) is 10.3. The Morgan fingerprint density at radius 3 is 2.59 bits per heavy atom. The molecule has 1 aliphatic rings. The van der Waals surface area contributed by atoms with Gasteiger partial charge in [-0.3, -0.25) is 9.59 Å². The second-order valence-electron chi connectivity index (χ2n) is 7.80. The van der Waals surface area contributed by atoms with E-state index >= 15 is 0 Å². The molecule has 4 aromatic rings. The maximum atomic E-state index is 13.5. The largest absolute Gasteiger partial charge is 0.464 e. The van der Waals surface area contributed by atoms with Gasteiger partial charge in [-0.1, -0.05) is 42.0 Å². The Morgan fingerprint density at radius 1 is 0.938 bits per heavy atom. The summed E-state index contributed by atoms with van der Waals surface area (Å²) < 4.78 is 16.5. The Bertz CT molecular complexity index is 1360. The van der Waals surface area contributed by atoms with Crippen molar-refractivity contribution in [2.24, 2.45) is 0 Å². The third kappa shape index (κ3) is 3.83. The minimum Gasteiger partial charge on any atom is -0.464 e. The molecule has 0 N–H and O–H groups in total. The molecule has 0 fully saturated rings. The Kier molecular flexibility index (Phi) is 5.11. The minimum atomic E-state index is -0.212. The topological polar surface area (TPSA) is 69.0 Å². The van der Waals surface area contributed by atoms with Crippen LogP contribution in [-0.2, 0) is 13.1 Å². The zero-order chi connectivity index (χ0) is 22.1. The zero-order valence-corrected chi connectivity index (χ0v) is 17.5. The van der Waals surface area contributed by atoms with Crippen LogP contribution in [0.4, 0.5) is 0 Å². The van der Waals surface area contributed by atoms with Crippen molar-refractivity contribution in [3.8, 4) is 11.5 Å². The number of rotatable bonds is 5. The van der Waals surface area contributed by atoms with Gasteiger partial charge in [-0.05, 0) is 42.8 Å². The summed E-state index contributed by atoms with van der Waals surface area (Å²) in [4.78, 5) is 28.3. The van der Waals surface area contributed by atoms with Crippen molar-refractivity contribution in [3.63, 3.8) is 0 Å². The van der Waals surface area contributed by atoms with Crippen LogP contribution in [0.1, 0.15) is 27.0 Å². The number of aryl methyl sites for hydroxylation is 1. The average Bonchev–Trinajstić information content (AvgIpc) is 3.29. The smallest absolute Gasteiger partial charge is 0.254 e. The van der Waals surface area contributed by atoms with E-state index < -0.39 is 0 Å². The van der Waals surface area contributed by atoms with Crippen molar-refractivity contribution in [2.45, 2.75) is 20.0 Å². The van der Waals surface area contributed by atoms with Gasteiger partial charge in [0, 0.05) is 12.1 Å². The van der Waals surface area contributed by atoms with E-state index in [9.17, 15) is 9.59 Å². The van der Waals surface area contributed by atoms with Crippen molar-refractivity contribution in [1.29, 1.82) is 0 Å². The lowest BCUT2D eigenvalue weighted by atomic mass is 10.1. The second-order valence-corrected chi connectivity index (χ2v) is 7.80. The highest BCUT2D eigenvalue weighted by molar-refractivity contribution is 5.95. The number of carbonyl (C=O) groups excluding carboxylic acids is 1. The molecule has 0 radical (unpaired) electrons. The lowest BCUT2D eigenvalue weighted by Crippen LogP contribution is -2.32. The fraction of sp³-hybridized carbons (Fsp3) is 0.154.